The van der Waals surface area contributed by atoms with Gasteiger partial charge < -0.3 is 15.6 Å². The molecule has 0 radical (unpaired) electrons. The van der Waals surface area contributed by atoms with Crippen molar-refractivity contribution in [3.63, 3.8) is 0 Å². The number of aromatic amines is 1. The summed E-state index contributed by atoms with van der Waals surface area (Å²) in [5.41, 5.74) is -0.885. The topological polar surface area (TPSA) is 95.6 Å². The van der Waals surface area contributed by atoms with Crippen LogP contribution < -0.4 is 10.6 Å². The smallest absolute Gasteiger partial charge is 0.354 e. The van der Waals surface area contributed by atoms with Crippen molar-refractivity contribution in [1.29, 1.82) is 0 Å². The van der Waals surface area contributed by atoms with Crippen molar-refractivity contribution in [2.75, 3.05) is 11.9 Å². The Bertz CT molecular complexity index is 1080. The van der Waals surface area contributed by atoms with Gasteiger partial charge in [-0.2, -0.15) is 13.2 Å². The van der Waals surface area contributed by atoms with Gasteiger partial charge in [0.05, 0.1) is 12.4 Å². The minimum atomic E-state index is -4.59. The molecular weight excluding hydrogens is 411 g/mol. The number of amides is 1. The number of fused-ring (bicyclic) bond motifs is 1. The van der Waals surface area contributed by atoms with Gasteiger partial charge in [-0.05, 0) is 19.4 Å². The number of anilines is 1. The highest BCUT2D eigenvalue weighted by atomic mass is 19.4. The van der Waals surface area contributed by atoms with Crippen LogP contribution in [-0.2, 0) is 4.79 Å². The molecule has 0 aliphatic heterocycles. The van der Waals surface area contributed by atoms with E-state index in [0.717, 1.165) is 12.4 Å². The minimum Gasteiger partial charge on any atom is -0.354 e. The Hall–Kier alpha value is -3.31. The molecule has 1 atom stereocenters. The molecule has 0 fully saturated rings. The van der Waals surface area contributed by atoms with Gasteiger partial charge in [0.1, 0.15) is 23.5 Å². The van der Waals surface area contributed by atoms with E-state index in [0.29, 0.717) is 16.6 Å². The van der Waals surface area contributed by atoms with Crippen LogP contribution in [-0.4, -0.2) is 44.1 Å². The van der Waals surface area contributed by atoms with Crippen molar-refractivity contribution in [3.8, 4) is 11.4 Å². The number of H-pyrrole nitrogens is 1. The molecule has 160 valence electrons. The summed E-state index contributed by atoms with van der Waals surface area (Å²) < 4.78 is 65.1. The highest BCUT2D eigenvalue weighted by molar-refractivity contribution is 5.92. The van der Waals surface area contributed by atoms with Crippen molar-refractivity contribution in [2.45, 2.75) is 32.0 Å². The van der Waals surface area contributed by atoms with Crippen LogP contribution in [0.4, 0.5) is 27.8 Å². The second-order valence-electron chi connectivity index (χ2n) is 6.75. The molecule has 7 nitrogen and oxygen atoms in total. The van der Waals surface area contributed by atoms with Gasteiger partial charge in [0, 0.05) is 17.1 Å². The number of nitrogens with one attached hydrogen (secondary N) is 3. The van der Waals surface area contributed by atoms with Crippen molar-refractivity contribution in [3.05, 3.63) is 36.3 Å². The van der Waals surface area contributed by atoms with Gasteiger partial charge in [0.15, 0.2) is 17.5 Å². The first-order valence-electron chi connectivity index (χ1n) is 8.81. The molecular formula is C18H17F5N6O. The average Bonchev–Trinajstić information content (AvgIpc) is 3.10. The lowest BCUT2D eigenvalue weighted by Gasteiger charge is -2.29. The summed E-state index contributed by atoms with van der Waals surface area (Å²) in [6.07, 6.45) is -1.22. The third-order valence-corrected chi connectivity index (χ3v) is 4.53. The lowest BCUT2D eigenvalue weighted by atomic mass is 9.97. The number of halogens is 5. The zero-order chi connectivity index (χ0) is 22.1. The Morgan fingerprint density at radius 2 is 1.93 bits per heavy atom. The number of carbonyl (C=O) groups excluding carboxylic acids is 1. The normalized spacial score (nSPS) is 13.8. The van der Waals surface area contributed by atoms with E-state index in [4.69, 9.17) is 0 Å². The van der Waals surface area contributed by atoms with Crippen LogP contribution in [0.3, 0.4) is 0 Å². The van der Waals surface area contributed by atoms with E-state index in [1.54, 1.807) is 12.2 Å². The molecule has 0 aromatic carbocycles. The predicted molar refractivity (Wildman–Crippen MR) is 98.4 cm³/mol. The number of rotatable bonds is 6. The first-order valence-corrected chi connectivity index (χ1v) is 8.81. The van der Waals surface area contributed by atoms with E-state index in [1.807, 2.05) is 0 Å². The second-order valence-corrected chi connectivity index (χ2v) is 6.75. The Labute approximate surface area is 167 Å². The summed E-state index contributed by atoms with van der Waals surface area (Å²) in [5.74, 6) is -2.85. The van der Waals surface area contributed by atoms with Crippen LogP contribution in [0.15, 0.2) is 24.7 Å². The molecule has 0 spiro atoms. The summed E-state index contributed by atoms with van der Waals surface area (Å²) in [4.78, 5) is 26.9. The van der Waals surface area contributed by atoms with Crippen LogP contribution in [0.2, 0.25) is 0 Å². The number of pyridine rings is 1. The van der Waals surface area contributed by atoms with Gasteiger partial charge in [0.2, 0.25) is 5.91 Å². The first kappa shape index (κ1) is 21.4. The largest absolute Gasteiger partial charge is 0.405 e. The molecule has 3 aromatic heterocycles. The third kappa shape index (κ3) is 4.47. The van der Waals surface area contributed by atoms with E-state index in [9.17, 15) is 26.7 Å². The van der Waals surface area contributed by atoms with E-state index < -0.39 is 35.8 Å². The lowest BCUT2D eigenvalue weighted by molar-refractivity contribution is -0.140. The Balaban J connectivity index is 1.92. The van der Waals surface area contributed by atoms with Crippen molar-refractivity contribution in [2.24, 2.45) is 0 Å². The molecule has 3 heterocycles. The fraction of sp³-hybridized carbons (Fsp3) is 0.333. The highest BCUT2D eigenvalue weighted by Crippen LogP contribution is 2.28. The number of carbonyl (C=O) groups is 1. The molecule has 0 saturated carbocycles. The van der Waals surface area contributed by atoms with E-state index >= 15 is 0 Å². The van der Waals surface area contributed by atoms with Gasteiger partial charge >= 0.3 is 6.18 Å². The molecule has 1 unspecified atom stereocenters. The maximum atomic E-state index is 14.3. The molecule has 0 aliphatic rings. The third-order valence-electron chi connectivity index (χ3n) is 4.53. The Kier molecular flexibility index (Phi) is 5.59. The fourth-order valence-corrected chi connectivity index (χ4v) is 2.69. The van der Waals surface area contributed by atoms with Gasteiger partial charge in [-0.25, -0.2) is 23.7 Å². The van der Waals surface area contributed by atoms with Gasteiger partial charge in [-0.1, -0.05) is 6.92 Å². The molecule has 30 heavy (non-hydrogen) atoms. The fourth-order valence-electron chi connectivity index (χ4n) is 2.69. The average molecular weight is 428 g/mol. The zero-order valence-electron chi connectivity index (χ0n) is 15.9. The predicted octanol–water partition coefficient (Wildman–Crippen LogP) is 3.56. The molecule has 3 rings (SSSR count). The van der Waals surface area contributed by atoms with Crippen molar-refractivity contribution < 1.29 is 26.7 Å². The minimum absolute atomic E-state index is 0.00621. The Morgan fingerprint density at radius 3 is 2.60 bits per heavy atom. The second kappa shape index (κ2) is 7.84. The van der Waals surface area contributed by atoms with Crippen LogP contribution in [0, 0.1) is 11.6 Å². The van der Waals surface area contributed by atoms with E-state index in [1.165, 1.54) is 19.2 Å². The van der Waals surface area contributed by atoms with Crippen LogP contribution >= 0.6 is 0 Å². The maximum Gasteiger partial charge on any atom is 0.405 e. The maximum absolute atomic E-state index is 14.3. The molecule has 0 bridgehead atoms. The lowest BCUT2D eigenvalue weighted by Crippen LogP contribution is -2.52. The van der Waals surface area contributed by atoms with Gasteiger partial charge in [-0.3, -0.25) is 4.79 Å². The van der Waals surface area contributed by atoms with E-state index in [-0.39, 0.29) is 18.1 Å². The molecule has 1 amide bonds. The molecule has 3 aromatic rings. The summed E-state index contributed by atoms with van der Waals surface area (Å²) in [5, 5.41) is 4.70. The van der Waals surface area contributed by atoms with Crippen LogP contribution in [0.25, 0.3) is 22.4 Å². The summed E-state index contributed by atoms with van der Waals surface area (Å²) in [6.45, 7) is 1.35. The standard InChI is InChI=1S/C18H17F5N6O/c1-3-17(2,16(30)27-8-18(21,22)23)29-15-12(20)7-26-14(28-15)11-6-25-13-10(11)4-9(19)5-24-13/h4-7H,3,8H2,1-2H3,(H,24,25)(H,27,30)(H,26,28,29). The number of alkyl halides is 3. The number of nitrogens with zero attached hydrogens (tertiary/aromatic N) is 3. The van der Waals surface area contributed by atoms with Crippen LogP contribution in [0.5, 0.6) is 0 Å². The van der Waals surface area contributed by atoms with E-state index in [2.05, 4.69) is 25.3 Å². The van der Waals surface area contributed by atoms with Crippen molar-refractivity contribution >= 4 is 22.8 Å². The number of hydrogen-bond acceptors (Lipinski definition) is 5. The summed E-state index contributed by atoms with van der Waals surface area (Å²) in [7, 11) is 0. The quantitative estimate of drug-likeness (QED) is 0.522. The number of aromatic nitrogens is 4. The zero-order valence-corrected chi connectivity index (χ0v) is 15.9. The number of hydrogen-bond donors (Lipinski definition) is 3. The molecule has 3 N–H and O–H groups in total. The molecule has 0 saturated heterocycles. The SMILES string of the molecule is CCC(C)(Nc1nc(-c2c[nH]c3ncc(F)cc23)ncc1F)C(=O)NCC(F)(F)F. The van der Waals surface area contributed by atoms with Crippen molar-refractivity contribution in [1.82, 2.24) is 25.3 Å². The summed E-state index contributed by atoms with van der Waals surface area (Å²) in [6, 6.07) is 1.20. The monoisotopic (exact) mass is 428 g/mol. The highest BCUT2D eigenvalue weighted by Gasteiger charge is 2.36. The summed E-state index contributed by atoms with van der Waals surface area (Å²) >= 11 is 0. The van der Waals surface area contributed by atoms with Gasteiger partial charge in [0.25, 0.3) is 0 Å². The molecule has 12 heteroatoms. The molecule has 0 aliphatic carbocycles. The first-order chi connectivity index (χ1) is 14.0. The van der Waals surface area contributed by atoms with Gasteiger partial charge in [-0.15, -0.1) is 0 Å². The van der Waals surface area contributed by atoms with Crippen LogP contribution in [0.1, 0.15) is 20.3 Å². The Morgan fingerprint density at radius 1 is 1.20 bits per heavy atom.